The fourth-order valence-corrected chi connectivity index (χ4v) is 8.32. The van der Waals surface area contributed by atoms with Gasteiger partial charge < -0.3 is 39.9 Å². The maximum atomic E-state index is 12.8. The Morgan fingerprint density at radius 2 is 0.952 bits per heavy atom. The second-order valence-corrected chi connectivity index (χ2v) is 18.3. The number of phosphoric acid groups is 1. The third kappa shape index (κ3) is 31.2. The summed E-state index contributed by atoms with van der Waals surface area (Å²) in [7, 11) is -5.02. The molecule has 13 heteroatoms. The molecule has 6 N–H and O–H groups in total. The summed E-state index contributed by atoms with van der Waals surface area (Å²) in [5.41, 5.74) is 0. The van der Waals surface area contributed by atoms with Crippen molar-refractivity contribution < 1.29 is 58.3 Å². The summed E-state index contributed by atoms with van der Waals surface area (Å²) in [6.45, 7) is 4.15. The van der Waals surface area contributed by atoms with Crippen LogP contribution < -0.4 is 0 Å². The lowest BCUT2D eigenvalue weighted by Gasteiger charge is -2.41. The quantitative estimate of drug-likeness (QED) is 0.0147. The van der Waals surface area contributed by atoms with Gasteiger partial charge in [-0.05, 0) is 51.4 Å². The van der Waals surface area contributed by atoms with Crippen molar-refractivity contribution in [2.24, 2.45) is 0 Å². The topological polar surface area (TPSA) is 192 Å². The lowest BCUT2D eigenvalue weighted by atomic mass is 9.85. The first kappa shape index (κ1) is 58.3. The molecular formula is C49H89O12P. The average molecular weight is 901 g/mol. The molecule has 0 aromatic rings. The molecule has 0 aliphatic heterocycles. The van der Waals surface area contributed by atoms with Gasteiger partial charge in [-0.3, -0.25) is 13.8 Å². The van der Waals surface area contributed by atoms with Crippen LogP contribution >= 0.6 is 7.82 Å². The fourth-order valence-electron chi connectivity index (χ4n) is 7.35. The van der Waals surface area contributed by atoms with Gasteiger partial charge in [0.05, 0.1) is 13.2 Å². The summed E-state index contributed by atoms with van der Waals surface area (Å²) in [5.74, 6) is -0.485. The number of unbranched alkanes of at least 4 members (excludes halogenated alkanes) is 21. The van der Waals surface area contributed by atoms with Gasteiger partial charge in [-0.1, -0.05) is 184 Å². The molecule has 0 aromatic carbocycles. The van der Waals surface area contributed by atoms with Crippen LogP contribution in [-0.4, -0.2) is 98.9 Å². The maximum Gasteiger partial charge on any atom is 0.472 e. The van der Waals surface area contributed by atoms with Gasteiger partial charge in [0.25, 0.3) is 0 Å². The summed E-state index contributed by atoms with van der Waals surface area (Å²) in [6.07, 6.45) is 36.0. The molecule has 6 unspecified atom stereocenters. The maximum absolute atomic E-state index is 12.8. The number of aliphatic hydroxyl groups is 5. The molecule has 0 bridgehead atoms. The van der Waals surface area contributed by atoms with Crippen LogP contribution in [0.3, 0.4) is 0 Å². The predicted octanol–water partition coefficient (Wildman–Crippen LogP) is 10.4. The number of carbonyl (C=O) groups is 1. The first-order valence-corrected chi connectivity index (χ1v) is 26.0. The number of hydrogen-bond donors (Lipinski definition) is 6. The van der Waals surface area contributed by atoms with E-state index in [2.05, 4.69) is 62.5 Å². The normalized spacial score (nSPS) is 22.4. The zero-order chi connectivity index (χ0) is 45.5. The Morgan fingerprint density at radius 3 is 1.45 bits per heavy atom. The third-order valence-electron chi connectivity index (χ3n) is 11.2. The summed E-state index contributed by atoms with van der Waals surface area (Å²) in [6, 6.07) is 0. The van der Waals surface area contributed by atoms with Crippen LogP contribution in [0, 0.1) is 0 Å². The SMILES string of the molecule is CC/C=C\C/C=C\C/C=C\C/C=C\CCCCCCCCCCC(=O)OC(COCCCCCCCCCCCCCCCC)COP(=O)(O)OC1C(O)C(O)C(O)C(O)C1O. The minimum Gasteiger partial charge on any atom is -0.457 e. The van der Waals surface area contributed by atoms with Crippen LogP contribution in [0.2, 0.25) is 0 Å². The van der Waals surface area contributed by atoms with Gasteiger partial charge in [0, 0.05) is 13.0 Å². The van der Waals surface area contributed by atoms with Gasteiger partial charge >= 0.3 is 13.8 Å². The van der Waals surface area contributed by atoms with E-state index in [4.69, 9.17) is 18.5 Å². The number of hydrogen-bond acceptors (Lipinski definition) is 11. The lowest BCUT2D eigenvalue weighted by molar-refractivity contribution is -0.220. The first-order chi connectivity index (χ1) is 30.0. The summed E-state index contributed by atoms with van der Waals surface area (Å²) in [4.78, 5) is 23.2. The van der Waals surface area contributed by atoms with E-state index >= 15 is 0 Å². The second kappa shape index (κ2) is 39.6. The van der Waals surface area contributed by atoms with Crippen molar-refractivity contribution in [3.8, 4) is 0 Å². The highest BCUT2D eigenvalue weighted by molar-refractivity contribution is 7.47. The van der Waals surface area contributed by atoms with Crippen molar-refractivity contribution in [3.63, 3.8) is 0 Å². The Balaban J connectivity index is 2.36. The van der Waals surface area contributed by atoms with Crippen molar-refractivity contribution in [2.75, 3.05) is 19.8 Å². The van der Waals surface area contributed by atoms with Crippen molar-refractivity contribution in [1.82, 2.24) is 0 Å². The first-order valence-electron chi connectivity index (χ1n) is 24.5. The lowest BCUT2D eigenvalue weighted by Crippen LogP contribution is -2.64. The van der Waals surface area contributed by atoms with Crippen molar-refractivity contribution in [1.29, 1.82) is 0 Å². The Morgan fingerprint density at radius 1 is 0.532 bits per heavy atom. The summed E-state index contributed by atoms with van der Waals surface area (Å²) in [5, 5.41) is 50.2. The molecular weight excluding hydrogens is 812 g/mol. The number of ether oxygens (including phenoxy) is 2. The Kier molecular flexibility index (Phi) is 37.3. The van der Waals surface area contributed by atoms with E-state index in [-0.39, 0.29) is 13.0 Å². The van der Waals surface area contributed by atoms with Crippen LogP contribution in [-0.2, 0) is 27.9 Å². The molecule has 6 atom stereocenters. The monoisotopic (exact) mass is 901 g/mol. The number of esters is 1. The van der Waals surface area contributed by atoms with Gasteiger partial charge in [-0.25, -0.2) is 4.57 Å². The van der Waals surface area contributed by atoms with E-state index < -0.39 is 63.1 Å². The van der Waals surface area contributed by atoms with E-state index in [1.165, 1.54) is 89.9 Å². The number of carbonyl (C=O) groups excluding carboxylic acids is 1. The van der Waals surface area contributed by atoms with E-state index in [0.717, 1.165) is 77.0 Å². The fraction of sp³-hybridized carbons (Fsp3) is 0.816. The van der Waals surface area contributed by atoms with Gasteiger partial charge in [0.2, 0.25) is 0 Å². The summed E-state index contributed by atoms with van der Waals surface area (Å²) >= 11 is 0. The van der Waals surface area contributed by atoms with Crippen molar-refractivity contribution in [2.45, 2.75) is 236 Å². The van der Waals surface area contributed by atoms with Gasteiger partial charge in [0.15, 0.2) is 0 Å². The van der Waals surface area contributed by atoms with E-state index in [9.17, 15) is 39.8 Å². The molecule has 12 nitrogen and oxygen atoms in total. The predicted molar refractivity (Wildman–Crippen MR) is 249 cm³/mol. The van der Waals surface area contributed by atoms with Crippen LogP contribution in [0.1, 0.15) is 194 Å². The van der Waals surface area contributed by atoms with Crippen LogP contribution in [0.4, 0.5) is 0 Å². The Bertz CT molecular complexity index is 1210. The van der Waals surface area contributed by atoms with E-state index in [1.54, 1.807) is 0 Å². The van der Waals surface area contributed by atoms with Gasteiger partial charge in [0.1, 0.15) is 42.7 Å². The molecule has 1 saturated carbocycles. The van der Waals surface area contributed by atoms with E-state index in [0.29, 0.717) is 13.0 Å². The highest BCUT2D eigenvalue weighted by Crippen LogP contribution is 2.47. The van der Waals surface area contributed by atoms with Gasteiger partial charge in [-0.15, -0.1) is 0 Å². The highest BCUT2D eigenvalue weighted by Gasteiger charge is 2.51. The third-order valence-corrected chi connectivity index (χ3v) is 12.2. The molecule has 0 aromatic heterocycles. The number of phosphoric ester groups is 1. The highest BCUT2D eigenvalue weighted by atomic mass is 31.2. The largest absolute Gasteiger partial charge is 0.472 e. The zero-order valence-electron chi connectivity index (χ0n) is 38.7. The molecule has 1 fully saturated rings. The van der Waals surface area contributed by atoms with Crippen LogP contribution in [0.15, 0.2) is 48.6 Å². The molecule has 62 heavy (non-hydrogen) atoms. The number of rotatable bonds is 41. The smallest absolute Gasteiger partial charge is 0.457 e. The number of allylic oxidation sites excluding steroid dienone is 8. The van der Waals surface area contributed by atoms with Crippen molar-refractivity contribution in [3.05, 3.63) is 48.6 Å². The molecule has 0 saturated heterocycles. The molecule has 362 valence electrons. The number of aliphatic hydroxyl groups excluding tert-OH is 5. The Labute approximate surface area is 375 Å². The van der Waals surface area contributed by atoms with Gasteiger partial charge in [-0.2, -0.15) is 0 Å². The molecule has 0 amide bonds. The van der Waals surface area contributed by atoms with Crippen molar-refractivity contribution >= 4 is 13.8 Å². The van der Waals surface area contributed by atoms with Crippen LogP contribution in [0.5, 0.6) is 0 Å². The molecule has 0 heterocycles. The Hall–Kier alpha value is -1.70. The average Bonchev–Trinajstić information content (AvgIpc) is 3.26. The second-order valence-electron chi connectivity index (χ2n) is 16.9. The summed E-state index contributed by atoms with van der Waals surface area (Å²) < 4.78 is 34.2. The zero-order valence-corrected chi connectivity index (χ0v) is 39.6. The van der Waals surface area contributed by atoms with E-state index in [1.807, 2.05) is 0 Å². The molecule has 1 aliphatic rings. The van der Waals surface area contributed by atoms with Crippen LogP contribution in [0.25, 0.3) is 0 Å². The minimum atomic E-state index is -5.02. The molecule has 0 radical (unpaired) electrons. The minimum absolute atomic E-state index is 0.0786. The standard InChI is InChI=1S/C49H89O12P/c1-3-5-7-9-11-13-15-17-19-20-21-22-23-24-25-26-28-30-32-34-36-38-43(50)60-42(40-58-39-37-35-33-31-29-27-18-16-14-12-10-8-6-4-2)41-59-62(56,57)61-49-47(54)45(52)44(51)46(53)48(49)55/h5,7,11,13,17,19,21-22,42,44-49,51-55H,3-4,6,8-10,12,14-16,18,20,23-41H2,1-2H3,(H,56,57)/b7-5-,13-11-,19-17-,22-21-. The molecule has 1 aliphatic carbocycles. The molecule has 1 rings (SSSR count). The molecule has 0 spiro atoms.